The standard InChI is InChI=1S/C14H22N2O2/c1-2-4-13(5-3-1)17-10-14-8-12(16-18-14)9-15-11-6-7-11/h8,11,13,15H,1-7,9-10H2. The van der Waals surface area contributed by atoms with Gasteiger partial charge in [0.1, 0.15) is 6.61 Å². The molecule has 0 amide bonds. The van der Waals surface area contributed by atoms with Gasteiger partial charge in [-0.3, -0.25) is 0 Å². The van der Waals surface area contributed by atoms with E-state index in [2.05, 4.69) is 10.5 Å². The van der Waals surface area contributed by atoms with Gasteiger partial charge in [-0.1, -0.05) is 24.4 Å². The molecule has 2 aliphatic rings. The van der Waals surface area contributed by atoms with Gasteiger partial charge in [0.25, 0.3) is 0 Å². The van der Waals surface area contributed by atoms with Gasteiger partial charge in [0.2, 0.25) is 0 Å². The van der Waals surface area contributed by atoms with Crippen LogP contribution in [0.3, 0.4) is 0 Å². The number of nitrogens with one attached hydrogen (secondary N) is 1. The highest BCUT2D eigenvalue weighted by Gasteiger charge is 2.20. The maximum absolute atomic E-state index is 5.87. The van der Waals surface area contributed by atoms with E-state index in [1.54, 1.807) is 0 Å². The number of rotatable bonds is 6. The summed E-state index contributed by atoms with van der Waals surface area (Å²) in [4.78, 5) is 0. The van der Waals surface area contributed by atoms with E-state index in [4.69, 9.17) is 9.26 Å². The van der Waals surface area contributed by atoms with Crippen molar-refractivity contribution < 1.29 is 9.26 Å². The fraction of sp³-hybridized carbons (Fsp3) is 0.786. The predicted molar refractivity (Wildman–Crippen MR) is 68.0 cm³/mol. The second kappa shape index (κ2) is 5.85. The highest BCUT2D eigenvalue weighted by atomic mass is 16.5. The van der Waals surface area contributed by atoms with Crippen molar-refractivity contribution >= 4 is 0 Å². The summed E-state index contributed by atoms with van der Waals surface area (Å²) in [7, 11) is 0. The lowest BCUT2D eigenvalue weighted by Gasteiger charge is -2.21. The molecule has 1 aromatic heterocycles. The van der Waals surface area contributed by atoms with Crippen LogP contribution in [0, 0.1) is 0 Å². The van der Waals surface area contributed by atoms with Gasteiger partial charge in [-0.05, 0) is 25.7 Å². The maximum Gasteiger partial charge on any atom is 0.162 e. The summed E-state index contributed by atoms with van der Waals surface area (Å²) in [6.07, 6.45) is 9.39. The van der Waals surface area contributed by atoms with Crippen LogP contribution in [0.15, 0.2) is 10.6 Å². The van der Waals surface area contributed by atoms with E-state index >= 15 is 0 Å². The normalized spacial score (nSPS) is 21.3. The molecule has 2 aliphatic carbocycles. The molecule has 18 heavy (non-hydrogen) atoms. The van der Waals surface area contributed by atoms with E-state index in [9.17, 15) is 0 Å². The van der Waals surface area contributed by atoms with Gasteiger partial charge >= 0.3 is 0 Å². The van der Waals surface area contributed by atoms with Crippen molar-refractivity contribution in [3.63, 3.8) is 0 Å². The van der Waals surface area contributed by atoms with E-state index in [1.807, 2.05) is 6.07 Å². The Morgan fingerprint density at radius 2 is 2.06 bits per heavy atom. The third kappa shape index (κ3) is 3.56. The van der Waals surface area contributed by atoms with Gasteiger partial charge in [-0.2, -0.15) is 0 Å². The monoisotopic (exact) mass is 250 g/mol. The van der Waals surface area contributed by atoms with Crippen molar-refractivity contribution in [3.05, 3.63) is 17.5 Å². The number of ether oxygens (including phenoxy) is 1. The first kappa shape index (κ1) is 12.2. The zero-order valence-corrected chi connectivity index (χ0v) is 10.9. The van der Waals surface area contributed by atoms with Crippen LogP contribution in [0.5, 0.6) is 0 Å². The summed E-state index contributed by atoms with van der Waals surface area (Å²) in [6.45, 7) is 1.39. The quantitative estimate of drug-likeness (QED) is 0.843. The molecular formula is C14H22N2O2. The van der Waals surface area contributed by atoms with Gasteiger partial charge in [0.15, 0.2) is 5.76 Å². The van der Waals surface area contributed by atoms with Crippen molar-refractivity contribution in [2.24, 2.45) is 0 Å². The molecule has 0 bridgehead atoms. The van der Waals surface area contributed by atoms with Crippen LogP contribution in [0.2, 0.25) is 0 Å². The Morgan fingerprint density at radius 1 is 1.22 bits per heavy atom. The highest BCUT2D eigenvalue weighted by Crippen LogP contribution is 2.22. The average molecular weight is 250 g/mol. The molecule has 4 nitrogen and oxygen atoms in total. The summed E-state index contributed by atoms with van der Waals surface area (Å²) >= 11 is 0. The summed E-state index contributed by atoms with van der Waals surface area (Å²) in [6, 6.07) is 2.72. The molecule has 0 aromatic carbocycles. The van der Waals surface area contributed by atoms with Crippen molar-refractivity contribution in [2.45, 2.75) is 70.2 Å². The molecule has 2 saturated carbocycles. The Labute approximate surface area is 108 Å². The Morgan fingerprint density at radius 3 is 2.83 bits per heavy atom. The minimum atomic E-state index is 0.428. The Balaban J connectivity index is 1.41. The molecule has 1 N–H and O–H groups in total. The molecule has 0 aliphatic heterocycles. The highest BCUT2D eigenvalue weighted by molar-refractivity contribution is 5.05. The van der Waals surface area contributed by atoms with Gasteiger partial charge < -0.3 is 14.6 Å². The fourth-order valence-corrected chi connectivity index (χ4v) is 2.48. The molecular weight excluding hydrogens is 228 g/mol. The molecule has 100 valence electrons. The van der Waals surface area contributed by atoms with Crippen LogP contribution in [0.1, 0.15) is 56.4 Å². The molecule has 0 spiro atoms. The minimum Gasteiger partial charge on any atom is -0.370 e. The predicted octanol–water partition coefficient (Wildman–Crippen LogP) is 2.78. The average Bonchev–Trinajstić information content (AvgIpc) is 3.14. The molecule has 0 radical (unpaired) electrons. The molecule has 3 rings (SSSR count). The largest absolute Gasteiger partial charge is 0.370 e. The minimum absolute atomic E-state index is 0.428. The first-order valence-electron chi connectivity index (χ1n) is 7.19. The van der Waals surface area contributed by atoms with Crippen molar-refractivity contribution in [1.82, 2.24) is 10.5 Å². The van der Waals surface area contributed by atoms with E-state index in [-0.39, 0.29) is 0 Å². The zero-order valence-electron chi connectivity index (χ0n) is 10.9. The summed E-state index contributed by atoms with van der Waals surface area (Å²) in [5, 5.41) is 7.49. The molecule has 4 heteroatoms. The van der Waals surface area contributed by atoms with E-state index in [0.717, 1.165) is 18.0 Å². The third-order valence-corrected chi connectivity index (χ3v) is 3.77. The van der Waals surface area contributed by atoms with Crippen LogP contribution in [0.25, 0.3) is 0 Å². The van der Waals surface area contributed by atoms with Crippen molar-refractivity contribution in [1.29, 1.82) is 0 Å². The molecule has 1 aromatic rings. The van der Waals surface area contributed by atoms with E-state index in [0.29, 0.717) is 18.8 Å². The zero-order chi connectivity index (χ0) is 12.2. The summed E-state index contributed by atoms with van der Waals surface area (Å²) in [5.74, 6) is 0.855. The smallest absolute Gasteiger partial charge is 0.162 e. The lowest BCUT2D eigenvalue weighted by molar-refractivity contribution is 0.00667. The first-order chi connectivity index (χ1) is 8.90. The number of hydrogen-bond acceptors (Lipinski definition) is 4. The Bertz CT molecular complexity index is 368. The summed E-state index contributed by atoms with van der Waals surface area (Å²) < 4.78 is 11.2. The second-order valence-corrected chi connectivity index (χ2v) is 5.51. The Hall–Kier alpha value is -0.870. The van der Waals surface area contributed by atoms with Gasteiger partial charge in [0.05, 0.1) is 11.8 Å². The SMILES string of the molecule is c1c(CNC2CC2)noc1COC1CCCCC1. The van der Waals surface area contributed by atoms with Gasteiger partial charge in [-0.15, -0.1) is 0 Å². The maximum atomic E-state index is 5.87. The molecule has 1 heterocycles. The van der Waals surface area contributed by atoms with E-state index in [1.165, 1.54) is 44.9 Å². The first-order valence-corrected chi connectivity index (χ1v) is 7.19. The Kier molecular flexibility index (Phi) is 3.96. The molecule has 0 unspecified atom stereocenters. The van der Waals surface area contributed by atoms with E-state index < -0.39 is 0 Å². The van der Waals surface area contributed by atoms with Crippen LogP contribution in [-0.4, -0.2) is 17.3 Å². The van der Waals surface area contributed by atoms with Crippen LogP contribution < -0.4 is 5.32 Å². The van der Waals surface area contributed by atoms with Gasteiger partial charge in [-0.25, -0.2) is 0 Å². The fourth-order valence-electron chi connectivity index (χ4n) is 2.48. The molecule has 0 saturated heterocycles. The van der Waals surface area contributed by atoms with Crippen molar-refractivity contribution in [3.8, 4) is 0 Å². The van der Waals surface area contributed by atoms with Crippen molar-refractivity contribution in [2.75, 3.05) is 0 Å². The number of hydrogen-bond donors (Lipinski definition) is 1. The lowest BCUT2D eigenvalue weighted by atomic mass is 9.98. The lowest BCUT2D eigenvalue weighted by Crippen LogP contribution is -2.16. The second-order valence-electron chi connectivity index (χ2n) is 5.51. The summed E-state index contributed by atoms with van der Waals surface area (Å²) in [5.41, 5.74) is 0.990. The molecule has 2 fully saturated rings. The van der Waals surface area contributed by atoms with Crippen LogP contribution in [-0.2, 0) is 17.9 Å². The topological polar surface area (TPSA) is 47.3 Å². The van der Waals surface area contributed by atoms with Crippen LogP contribution in [0.4, 0.5) is 0 Å². The number of nitrogens with zero attached hydrogens (tertiary/aromatic N) is 1. The number of aromatic nitrogens is 1. The van der Waals surface area contributed by atoms with Crippen LogP contribution >= 0.6 is 0 Å². The van der Waals surface area contributed by atoms with Gasteiger partial charge in [0, 0.05) is 18.7 Å². The molecule has 0 atom stereocenters. The third-order valence-electron chi connectivity index (χ3n) is 3.77.